The first-order valence-electron chi connectivity index (χ1n) is 6.69. The van der Waals surface area contributed by atoms with Gasteiger partial charge < -0.3 is 14.5 Å². The maximum atomic E-state index is 12.3. The highest BCUT2D eigenvalue weighted by molar-refractivity contribution is 7.11. The fraction of sp³-hybridized carbons (Fsp3) is 0.125. The first-order valence-corrected chi connectivity index (χ1v) is 7.95. The lowest BCUT2D eigenvalue weighted by Gasteiger charge is -2.09. The van der Waals surface area contributed by atoms with Gasteiger partial charge in [0.1, 0.15) is 0 Å². The summed E-state index contributed by atoms with van der Waals surface area (Å²) in [6.07, 6.45) is 1.76. The fourth-order valence-corrected chi connectivity index (χ4v) is 3.07. The smallest absolute Gasteiger partial charge is 0.259 e. The molecule has 0 saturated heterocycles. The number of hydrogen-bond donors (Lipinski definition) is 1. The summed E-state index contributed by atoms with van der Waals surface area (Å²) < 4.78 is 10.5. The Morgan fingerprint density at radius 2 is 2.04 bits per heavy atom. The third kappa shape index (κ3) is 3.09. The predicted octanol–water partition coefficient (Wildman–Crippen LogP) is 3.74. The van der Waals surface area contributed by atoms with Gasteiger partial charge in [0.25, 0.3) is 5.56 Å². The Balaban J connectivity index is 2.15. The van der Waals surface area contributed by atoms with Gasteiger partial charge in [-0.15, -0.1) is 11.3 Å². The molecule has 3 rings (SSSR count). The molecule has 0 spiro atoms. The summed E-state index contributed by atoms with van der Waals surface area (Å²) in [5, 5.41) is 2.72. The van der Waals surface area contributed by atoms with Gasteiger partial charge in [-0.05, 0) is 23.6 Å². The quantitative estimate of drug-likeness (QED) is 0.780. The van der Waals surface area contributed by atoms with E-state index in [0.29, 0.717) is 33.3 Å². The van der Waals surface area contributed by atoms with Crippen LogP contribution in [0.25, 0.3) is 22.0 Å². The molecule has 0 aliphatic heterocycles. The van der Waals surface area contributed by atoms with Crippen LogP contribution in [-0.4, -0.2) is 24.2 Å². The number of aromatic amines is 1. The van der Waals surface area contributed by atoms with Crippen LogP contribution in [0.2, 0.25) is 0 Å². The molecule has 0 atom stereocenters. The van der Waals surface area contributed by atoms with Gasteiger partial charge in [0.2, 0.25) is 0 Å². The number of halogens is 1. The van der Waals surface area contributed by atoms with Crippen molar-refractivity contribution in [2.24, 2.45) is 0 Å². The normalized spacial score (nSPS) is 11.7. The minimum atomic E-state index is -0.288. The molecule has 0 aliphatic carbocycles. The Bertz CT molecular complexity index is 932. The summed E-state index contributed by atoms with van der Waals surface area (Å²) in [4.78, 5) is 20.4. The van der Waals surface area contributed by atoms with Gasteiger partial charge in [-0.2, -0.15) is 0 Å². The highest BCUT2D eigenvalue weighted by Crippen LogP contribution is 2.30. The third-order valence-electron chi connectivity index (χ3n) is 3.25. The molecule has 0 radical (unpaired) electrons. The minimum absolute atomic E-state index is 0.288. The fourth-order valence-electron chi connectivity index (χ4n) is 2.15. The van der Waals surface area contributed by atoms with Crippen molar-refractivity contribution in [1.29, 1.82) is 0 Å². The van der Waals surface area contributed by atoms with Crippen LogP contribution in [0.5, 0.6) is 11.5 Å². The van der Waals surface area contributed by atoms with E-state index in [1.54, 1.807) is 29.5 Å². The number of aromatic nitrogens is 2. The second-order valence-electron chi connectivity index (χ2n) is 4.65. The van der Waals surface area contributed by atoms with Gasteiger partial charge in [0, 0.05) is 10.9 Å². The molecule has 118 valence electrons. The van der Waals surface area contributed by atoms with Crippen molar-refractivity contribution in [2.75, 3.05) is 14.2 Å². The van der Waals surface area contributed by atoms with Crippen molar-refractivity contribution in [3.8, 4) is 11.5 Å². The Labute approximate surface area is 141 Å². The molecule has 1 aromatic carbocycles. The molecule has 2 heterocycles. The second-order valence-corrected chi connectivity index (χ2v) is 6.03. The Morgan fingerprint density at radius 1 is 1.30 bits per heavy atom. The lowest BCUT2D eigenvalue weighted by atomic mass is 10.2. The molecular formula is C16H13ClN2O3S. The maximum Gasteiger partial charge on any atom is 0.259 e. The minimum Gasteiger partial charge on any atom is -0.493 e. The number of nitrogens with one attached hydrogen (secondary N) is 1. The summed E-state index contributed by atoms with van der Waals surface area (Å²) in [6.45, 7) is 0. The van der Waals surface area contributed by atoms with Crippen LogP contribution in [0, 0.1) is 0 Å². The number of hydrogen-bond acceptors (Lipinski definition) is 5. The number of thiophene rings is 1. The average molecular weight is 349 g/mol. The molecule has 23 heavy (non-hydrogen) atoms. The summed E-state index contributed by atoms with van der Waals surface area (Å²) in [5.74, 6) is 1.28. The van der Waals surface area contributed by atoms with Gasteiger partial charge in [0.15, 0.2) is 17.3 Å². The van der Waals surface area contributed by atoms with Gasteiger partial charge >= 0.3 is 0 Å². The van der Waals surface area contributed by atoms with E-state index in [2.05, 4.69) is 9.97 Å². The Morgan fingerprint density at radius 3 is 2.70 bits per heavy atom. The summed E-state index contributed by atoms with van der Waals surface area (Å²) >= 11 is 7.83. The zero-order valence-corrected chi connectivity index (χ0v) is 14.0. The molecule has 5 nitrogen and oxygen atoms in total. The molecule has 0 aliphatic rings. The van der Waals surface area contributed by atoms with Crippen LogP contribution in [-0.2, 0) is 0 Å². The number of fused-ring (bicyclic) bond motifs is 1. The standard InChI is InChI=1S/C16H13ClN2O3S/c1-21-13-7-10-12(8-14(13)22-2)18-15(19-16(10)20)11(17)6-9-4-3-5-23-9/h3-8H,1-2H3,(H,18,19,20)/b11-6-. The van der Waals surface area contributed by atoms with E-state index in [1.165, 1.54) is 14.2 Å². The molecular weight excluding hydrogens is 336 g/mol. The van der Waals surface area contributed by atoms with E-state index in [9.17, 15) is 4.79 Å². The zero-order valence-electron chi connectivity index (χ0n) is 12.4. The van der Waals surface area contributed by atoms with Crippen molar-refractivity contribution in [2.45, 2.75) is 0 Å². The highest BCUT2D eigenvalue weighted by Gasteiger charge is 2.12. The largest absolute Gasteiger partial charge is 0.493 e. The average Bonchev–Trinajstić information content (AvgIpc) is 3.06. The Hall–Kier alpha value is -2.31. The number of H-pyrrole nitrogens is 1. The van der Waals surface area contributed by atoms with Crippen molar-refractivity contribution >= 4 is 44.9 Å². The van der Waals surface area contributed by atoms with Gasteiger partial charge in [0.05, 0.1) is 30.2 Å². The molecule has 2 aromatic heterocycles. The van der Waals surface area contributed by atoms with E-state index in [4.69, 9.17) is 21.1 Å². The van der Waals surface area contributed by atoms with Gasteiger partial charge in [-0.25, -0.2) is 4.98 Å². The van der Waals surface area contributed by atoms with Crippen molar-refractivity contribution < 1.29 is 9.47 Å². The molecule has 0 bridgehead atoms. The monoisotopic (exact) mass is 348 g/mol. The Kier molecular flexibility index (Phi) is 4.36. The van der Waals surface area contributed by atoms with Crippen LogP contribution in [0.15, 0.2) is 34.4 Å². The number of rotatable bonds is 4. The summed E-state index contributed by atoms with van der Waals surface area (Å²) in [5.41, 5.74) is 0.197. The second kappa shape index (κ2) is 6.44. The third-order valence-corrected chi connectivity index (χ3v) is 4.36. The number of nitrogens with zero attached hydrogens (tertiary/aromatic N) is 1. The van der Waals surface area contributed by atoms with Crippen LogP contribution >= 0.6 is 22.9 Å². The molecule has 0 fully saturated rings. The van der Waals surface area contributed by atoms with Crippen molar-refractivity contribution in [1.82, 2.24) is 9.97 Å². The SMILES string of the molecule is COc1cc2nc(/C(Cl)=C/c3cccs3)[nH]c(=O)c2cc1OC. The highest BCUT2D eigenvalue weighted by atomic mass is 35.5. The first kappa shape index (κ1) is 15.6. The van der Waals surface area contributed by atoms with Crippen LogP contribution in [0.4, 0.5) is 0 Å². The summed E-state index contributed by atoms with van der Waals surface area (Å²) in [6, 6.07) is 7.11. The molecule has 0 saturated carbocycles. The van der Waals surface area contributed by atoms with E-state index < -0.39 is 0 Å². The topological polar surface area (TPSA) is 64.2 Å². The van der Waals surface area contributed by atoms with E-state index >= 15 is 0 Å². The molecule has 7 heteroatoms. The van der Waals surface area contributed by atoms with Crippen molar-refractivity contribution in [3.05, 3.63) is 50.7 Å². The number of benzene rings is 1. The van der Waals surface area contributed by atoms with E-state index in [0.717, 1.165) is 4.88 Å². The van der Waals surface area contributed by atoms with Crippen molar-refractivity contribution in [3.63, 3.8) is 0 Å². The van der Waals surface area contributed by atoms with E-state index in [1.807, 2.05) is 17.5 Å². The van der Waals surface area contributed by atoms with Crippen LogP contribution < -0.4 is 15.0 Å². The summed E-state index contributed by atoms with van der Waals surface area (Å²) in [7, 11) is 3.04. The number of ether oxygens (including phenoxy) is 2. The van der Waals surface area contributed by atoms with Crippen LogP contribution in [0.1, 0.15) is 10.7 Å². The lowest BCUT2D eigenvalue weighted by Crippen LogP contribution is -2.11. The zero-order chi connectivity index (χ0) is 16.4. The molecule has 0 unspecified atom stereocenters. The molecule has 1 N–H and O–H groups in total. The number of methoxy groups -OCH3 is 2. The first-order chi connectivity index (χ1) is 11.1. The van der Waals surface area contributed by atoms with Gasteiger partial charge in [-0.1, -0.05) is 17.7 Å². The molecule has 0 amide bonds. The van der Waals surface area contributed by atoms with E-state index in [-0.39, 0.29) is 5.56 Å². The van der Waals surface area contributed by atoms with Gasteiger partial charge in [-0.3, -0.25) is 4.79 Å². The predicted molar refractivity (Wildman–Crippen MR) is 93.5 cm³/mol. The maximum absolute atomic E-state index is 12.3. The molecule has 3 aromatic rings. The van der Waals surface area contributed by atoms with Crippen LogP contribution in [0.3, 0.4) is 0 Å². The lowest BCUT2D eigenvalue weighted by molar-refractivity contribution is 0.355.